The largest absolute Gasteiger partial charge is 0.366 e. The lowest BCUT2D eigenvalue weighted by Crippen LogP contribution is -2.65. The van der Waals surface area contributed by atoms with Gasteiger partial charge in [0.15, 0.2) is 0 Å². The fraction of sp³-hybridized carbons (Fsp3) is 0.667. The zero-order valence-electron chi connectivity index (χ0n) is 11.7. The van der Waals surface area contributed by atoms with E-state index in [9.17, 15) is 4.79 Å². The third-order valence-corrected chi connectivity index (χ3v) is 5.33. The third kappa shape index (κ3) is 1.88. The number of nitrogens with zero attached hydrogens (tertiary/aromatic N) is 2. The van der Waals surface area contributed by atoms with Crippen LogP contribution in [0, 0.1) is 5.92 Å². The van der Waals surface area contributed by atoms with E-state index in [-0.39, 0.29) is 5.91 Å². The van der Waals surface area contributed by atoms with Gasteiger partial charge in [-0.1, -0.05) is 12.5 Å². The molecule has 0 aromatic heterocycles. The van der Waals surface area contributed by atoms with Crippen molar-refractivity contribution in [1.29, 1.82) is 0 Å². The van der Waals surface area contributed by atoms with Crippen LogP contribution in [0.2, 0.25) is 0 Å². The highest BCUT2D eigenvalue weighted by Crippen LogP contribution is 2.36. The molecule has 4 rings (SSSR count). The highest BCUT2D eigenvalue weighted by atomic mass is 16.1. The SMILES string of the molecule is NC(=O)C1=CN2CC3NCC4CCCC4N3CC2=CC1. The number of nitrogens with two attached hydrogens (primary N) is 1. The van der Waals surface area contributed by atoms with Crippen LogP contribution < -0.4 is 11.1 Å². The molecule has 3 aliphatic heterocycles. The first-order chi connectivity index (χ1) is 9.72. The van der Waals surface area contributed by atoms with Crippen molar-refractivity contribution in [2.75, 3.05) is 19.6 Å². The Kier molecular flexibility index (Phi) is 2.86. The molecule has 1 aliphatic carbocycles. The van der Waals surface area contributed by atoms with E-state index in [2.05, 4.69) is 21.2 Å². The molecule has 3 heterocycles. The number of hydrogen-bond donors (Lipinski definition) is 2. The zero-order valence-corrected chi connectivity index (χ0v) is 11.7. The fourth-order valence-corrected chi connectivity index (χ4v) is 4.26. The molecule has 108 valence electrons. The summed E-state index contributed by atoms with van der Waals surface area (Å²) in [5.74, 6) is 0.536. The van der Waals surface area contributed by atoms with E-state index < -0.39 is 0 Å². The van der Waals surface area contributed by atoms with Gasteiger partial charge in [0.1, 0.15) is 0 Å². The Morgan fingerprint density at radius 1 is 1.40 bits per heavy atom. The van der Waals surface area contributed by atoms with Crippen LogP contribution in [0.15, 0.2) is 23.5 Å². The lowest BCUT2D eigenvalue weighted by atomic mass is 9.95. The fourth-order valence-electron chi connectivity index (χ4n) is 4.26. The minimum absolute atomic E-state index is 0.296. The molecule has 3 fully saturated rings. The van der Waals surface area contributed by atoms with Crippen LogP contribution in [0.5, 0.6) is 0 Å². The Hall–Kier alpha value is -1.33. The first-order valence-corrected chi connectivity index (χ1v) is 7.67. The molecule has 0 spiro atoms. The number of nitrogens with one attached hydrogen (secondary N) is 1. The topological polar surface area (TPSA) is 61.6 Å². The average Bonchev–Trinajstić information content (AvgIpc) is 2.93. The van der Waals surface area contributed by atoms with E-state index in [0.717, 1.165) is 37.2 Å². The lowest BCUT2D eigenvalue weighted by molar-refractivity contribution is -0.114. The molecule has 1 amide bonds. The molecule has 0 aromatic rings. The van der Waals surface area contributed by atoms with E-state index in [4.69, 9.17) is 5.73 Å². The van der Waals surface area contributed by atoms with Crippen molar-refractivity contribution in [2.45, 2.75) is 37.9 Å². The summed E-state index contributed by atoms with van der Waals surface area (Å²) in [4.78, 5) is 16.2. The Bertz CT molecular complexity index is 498. The standard InChI is InChI=1S/C15H22N4O/c16-15(20)11-4-5-12-8-19-13-3-1-2-10(13)6-17-14(19)9-18(12)7-11/h5,7,10,13-14,17H,1-4,6,8-9H2,(H2,16,20). The van der Waals surface area contributed by atoms with Gasteiger partial charge >= 0.3 is 0 Å². The van der Waals surface area contributed by atoms with Gasteiger partial charge in [0.25, 0.3) is 0 Å². The summed E-state index contributed by atoms with van der Waals surface area (Å²) in [5.41, 5.74) is 7.45. The maximum atomic E-state index is 11.3. The number of fused-ring (bicyclic) bond motifs is 4. The van der Waals surface area contributed by atoms with Gasteiger partial charge in [-0.2, -0.15) is 0 Å². The second-order valence-corrected chi connectivity index (χ2v) is 6.43. The van der Waals surface area contributed by atoms with E-state index in [1.54, 1.807) is 0 Å². The minimum Gasteiger partial charge on any atom is -0.366 e. The first kappa shape index (κ1) is 12.4. The third-order valence-electron chi connectivity index (χ3n) is 5.33. The molecule has 20 heavy (non-hydrogen) atoms. The molecule has 5 heteroatoms. The maximum absolute atomic E-state index is 11.3. The number of primary amides is 1. The highest BCUT2D eigenvalue weighted by molar-refractivity contribution is 5.92. The number of hydrogen-bond acceptors (Lipinski definition) is 4. The van der Waals surface area contributed by atoms with E-state index in [1.165, 1.54) is 25.0 Å². The van der Waals surface area contributed by atoms with Crippen LogP contribution in [0.25, 0.3) is 0 Å². The predicted molar refractivity (Wildman–Crippen MR) is 76.3 cm³/mol. The maximum Gasteiger partial charge on any atom is 0.246 e. The second kappa shape index (κ2) is 4.60. The Balaban J connectivity index is 1.56. The van der Waals surface area contributed by atoms with Gasteiger partial charge < -0.3 is 10.6 Å². The molecule has 0 radical (unpaired) electrons. The van der Waals surface area contributed by atoms with E-state index in [1.807, 2.05) is 6.20 Å². The summed E-state index contributed by atoms with van der Waals surface area (Å²) in [7, 11) is 0. The number of amides is 1. The Labute approximate surface area is 119 Å². The second-order valence-electron chi connectivity index (χ2n) is 6.43. The van der Waals surface area contributed by atoms with Gasteiger partial charge in [0.05, 0.1) is 12.7 Å². The number of rotatable bonds is 1. The predicted octanol–water partition coefficient (Wildman–Crippen LogP) is 0.359. The van der Waals surface area contributed by atoms with Crippen molar-refractivity contribution >= 4 is 5.91 Å². The van der Waals surface area contributed by atoms with Crippen molar-refractivity contribution in [3.63, 3.8) is 0 Å². The highest BCUT2D eigenvalue weighted by Gasteiger charge is 2.43. The number of carbonyl (C=O) groups excluding carboxylic acids is 1. The summed E-state index contributed by atoms with van der Waals surface area (Å²) in [6, 6.07) is 0.755. The summed E-state index contributed by atoms with van der Waals surface area (Å²) in [6.45, 7) is 3.07. The van der Waals surface area contributed by atoms with Crippen LogP contribution in [0.3, 0.4) is 0 Å². The number of allylic oxidation sites excluding steroid dienone is 1. The molecule has 5 nitrogen and oxygen atoms in total. The summed E-state index contributed by atoms with van der Waals surface area (Å²) in [5, 5.41) is 3.68. The quantitative estimate of drug-likeness (QED) is 0.725. The summed E-state index contributed by atoms with van der Waals surface area (Å²) >= 11 is 0. The molecular formula is C15H22N4O. The molecule has 1 saturated carbocycles. The molecular weight excluding hydrogens is 252 g/mol. The smallest absolute Gasteiger partial charge is 0.246 e. The van der Waals surface area contributed by atoms with Gasteiger partial charge in [0.2, 0.25) is 5.91 Å². The minimum atomic E-state index is -0.296. The molecule has 3 N–H and O–H groups in total. The number of piperazine rings is 1. The Morgan fingerprint density at radius 3 is 3.15 bits per heavy atom. The van der Waals surface area contributed by atoms with E-state index in [0.29, 0.717) is 12.6 Å². The van der Waals surface area contributed by atoms with Gasteiger partial charge in [-0.15, -0.1) is 0 Å². The lowest BCUT2D eigenvalue weighted by Gasteiger charge is -2.51. The summed E-state index contributed by atoms with van der Waals surface area (Å²) in [6.07, 6.45) is 9.31. The van der Waals surface area contributed by atoms with Crippen LogP contribution in [0.1, 0.15) is 25.7 Å². The van der Waals surface area contributed by atoms with Crippen LogP contribution in [-0.2, 0) is 4.79 Å². The van der Waals surface area contributed by atoms with Crippen molar-refractivity contribution in [3.05, 3.63) is 23.5 Å². The summed E-state index contributed by atoms with van der Waals surface area (Å²) < 4.78 is 0. The van der Waals surface area contributed by atoms with Crippen molar-refractivity contribution in [1.82, 2.24) is 15.1 Å². The molecule has 4 aliphatic rings. The molecule has 0 aromatic carbocycles. The Morgan fingerprint density at radius 2 is 2.30 bits per heavy atom. The average molecular weight is 274 g/mol. The van der Waals surface area contributed by atoms with Crippen molar-refractivity contribution in [2.24, 2.45) is 11.7 Å². The monoisotopic (exact) mass is 274 g/mol. The van der Waals surface area contributed by atoms with Crippen molar-refractivity contribution in [3.8, 4) is 0 Å². The molecule has 3 atom stereocenters. The normalized spacial score (nSPS) is 36.6. The van der Waals surface area contributed by atoms with Gasteiger partial charge in [-0.3, -0.25) is 15.0 Å². The van der Waals surface area contributed by atoms with E-state index >= 15 is 0 Å². The molecule has 0 bridgehead atoms. The zero-order chi connectivity index (χ0) is 13.7. The van der Waals surface area contributed by atoms with Crippen LogP contribution in [0.4, 0.5) is 0 Å². The van der Waals surface area contributed by atoms with Crippen molar-refractivity contribution < 1.29 is 4.79 Å². The molecule has 3 unspecified atom stereocenters. The van der Waals surface area contributed by atoms with Gasteiger partial charge in [-0.05, 0) is 25.2 Å². The molecule has 2 saturated heterocycles. The van der Waals surface area contributed by atoms with Crippen LogP contribution in [-0.4, -0.2) is 47.5 Å². The first-order valence-electron chi connectivity index (χ1n) is 7.67. The number of carbonyl (C=O) groups is 1. The van der Waals surface area contributed by atoms with Gasteiger partial charge in [-0.25, -0.2) is 0 Å². The van der Waals surface area contributed by atoms with Crippen LogP contribution >= 0.6 is 0 Å². The van der Waals surface area contributed by atoms with Gasteiger partial charge in [0, 0.05) is 36.6 Å².